The van der Waals surface area contributed by atoms with Crippen molar-refractivity contribution in [2.45, 2.75) is 34.2 Å². The summed E-state index contributed by atoms with van der Waals surface area (Å²) in [6.45, 7) is 0.879. The number of nitro groups is 1. The summed E-state index contributed by atoms with van der Waals surface area (Å²) >= 11 is 1.08. The van der Waals surface area contributed by atoms with E-state index in [1.807, 2.05) is 0 Å². The number of nitrogens with one attached hydrogen (secondary N) is 1. The highest BCUT2D eigenvalue weighted by Gasteiger charge is 2.29. The summed E-state index contributed by atoms with van der Waals surface area (Å²) in [5.41, 5.74) is 1.17. The van der Waals surface area contributed by atoms with Gasteiger partial charge in [-0.15, -0.1) is 0 Å². The fourth-order valence-electron chi connectivity index (χ4n) is 3.39. The largest absolute Gasteiger partial charge is 0.497 e. The van der Waals surface area contributed by atoms with Crippen LogP contribution in [0.2, 0.25) is 0 Å². The van der Waals surface area contributed by atoms with Crippen molar-refractivity contribution in [3.05, 3.63) is 46.5 Å². The third-order valence-electron chi connectivity index (χ3n) is 4.95. The fourth-order valence-corrected chi connectivity index (χ4v) is 5.81. The van der Waals surface area contributed by atoms with Gasteiger partial charge < -0.3 is 9.72 Å². The van der Waals surface area contributed by atoms with Gasteiger partial charge in [0.05, 0.1) is 32.9 Å². The Hall–Kier alpha value is -2.63. The lowest BCUT2D eigenvalue weighted by atomic mass is 10.2. The minimum absolute atomic E-state index is 0.0604. The predicted octanol–water partition coefficient (Wildman–Crippen LogP) is 3.81. The quantitative estimate of drug-likeness (QED) is 0.450. The molecule has 0 saturated carbocycles. The first kappa shape index (κ1) is 20.6. The number of hydrogen-bond donors (Lipinski definition) is 1. The molecular weight excluding hydrogens is 428 g/mol. The molecule has 0 radical (unpaired) electrons. The van der Waals surface area contributed by atoms with E-state index in [1.54, 1.807) is 25.3 Å². The van der Waals surface area contributed by atoms with Crippen LogP contribution in [0.1, 0.15) is 19.3 Å². The van der Waals surface area contributed by atoms with Gasteiger partial charge in [-0.1, -0.05) is 6.42 Å². The molecule has 1 N–H and O–H groups in total. The number of aromatic amines is 1. The Balaban J connectivity index is 1.66. The van der Waals surface area contributed by atoms with Crippen molar-refractivity contribution in [1.82, 2.24) is 14.3 Å². The molecule has 3 aromatic rings. The molecule has 2 aromatic carbocycles. The van der Waals surface area contributed by atoms with Gasteiger partial charge in [-0.2, -0.15) is 4.31 Å². The Bertz CT molecular complexity index is 1200. The average molecular weight is 449 g/mol. The van der Waals surface area contributed by atoms with Crippen LogP contribution in [0.3, 0.4) is 0 Å². The van der Waals surface area contributed by atoms with E-state index < -0.39 is 14.9 Å². The zero-order valence-electron chi connectivity index (χ0n) is 16.2. The Morgan fingerprint density at radius 2 is 1.93 bits per heavy atom. The number of piperidine rings is 1. The van der Waals surface area contributed by atoms with Crippen molar-refractivity contribution < 1.29 is 18.1 Å². The van der Waals surface area contributed by atoms with E-state index in [0.29, 0.717) is 34.4 Å². The van der Waals surface area contributed by atoms with Crippen molar-refractivity contribution in [2.75, 3.05) is 20.2 Å². The van der Waals surface area contributed by atoms with Gasteiger partial charge in [-0.25, -0.2) is 13.4 Å². The second kappa shape index (κ2) is 8.25. The number of fused-ring (bicyclic) bond motifs is 1. The number of hydrogen-bond acceptors (Lipinski definition) is 7. The fraction of sp³-hybridized carbons (Fsp3) is 0.316. The molecule has 0 aliphatic carbocycles. The standard InChI is InChI=1S/C19H20N4O5S2/c1-28-13-5-7-15-16(11-13)21-19(20-15)29-18-8-6-14(12-17(18)23(24)25)30(26,27)22-9-3-2-4-10-22/h5-8,11-12H,2-4,9-10H2,1H3,(H,20,21). The van der Waals surface area contributed by atoms with E-state index in [9.17, 15) is 18.5 Å². The molecule has 0 bridgehead atoms. The monoisotopic (exact) mass is 448 g/mol. The number of sulfonamides is 1. The van der Waals surface area contributed by atoms with Crippen LogP contribution in [-0.4, -0.2) is 47.8 Å². The van der Waals surface area contributed by atoms with Crippen LogP contribution in [0.5, 0.6) is 5.75 Å². The summed E-state index contributed by atoms with van der Waals surface area (Å²) in [7, 11) is -2.19. The summed E-state index contributed by atoms with van der Waals surface area (Å²) in [5.74, 6) is 0.668. The Labute approximate surface area is 177 Å². The number of nitrogens with zero attached hydrogens (tertiary/aromatic N) is 3. The number of methoxy groups -OCH3 is 1. The van der Waals surface area contributed by atoms with E-state index in [0.717, 1.165) is 42.6 Å². The summed E-state index contributed by atoms with van der Waals surface area (Å²) < 4.78 is 32.3. The van der Waals surface area contributed by atoms with Crippen LogP contribution in [-0.2, 0) is 10.0 Å². The van der Waals surface area contributed by atoms with Crippen LogP contribution < -0.4 is 4.74 Å². The molecule has 158 valence electrons. The lowest BCUT2D eigenvalue weighted by Gasteiger charge is -2.25. The molecule has 4 rings (SSSR count). The van der Waals surface area contributed by atoms with Crippen molar-refractivity contribution in [3.63, 3.8) is 0 Å². The highest BCUT2D eigenvalue weighted by atomic mass is 32.2. The Kier molecular flexibility index (Phi) is 5.67. The van der Waals surface area contributed by atoms with Gasteiger partial charge in [0.15, 0.2) is 5.16 Å². The molecule has 1 aliphatic rings. The smallest absolute Gasteiger partial charge is 0.284 e. The molecule has 0 atom stereocenters. The Morgan fingerprint density at radius 1 is 1.17 bits per heavy atom. The third kappa shape index (κ3) is 4.00. The summed E-state index contributed by atoms with van der Waals surface area (Å²) in [6, 6.07) is 9.38. The zero-order chi connectivity index (χ0) is 21.3. The number of benzene rings is 2. The van der Waals surface area contributed by atoms with Crippen LogP contribution in [0.15, 0.2) is 51.3 Å². The lowest BCUT2D eigenvalue weighted by molar-refractivity contribution is -0.388. The highest BCUT2D eigenvalue weighted by Crippen LogP contribution is 2.36. The molecular formula is C19H20N4O5S2. The minimum Gasteiger partial charge on any atom is -0.497 e. The molecule has 2 heterocycles. The molecule has 9 nitrogen and oxygen atoms in total. The molecule has 0 amide bonds. The third-order valence-corrected chi connectivity index (χ3v) is 7.80. The molecule has 30 heavy (non-hydrogen) atoms. The first-order chi connectivity index (χ1) is 14.4. The molecule has 11 heteroatoms. The number of aromatic nitrogens is 2. The van der Waals surface area contributed by atoms with E-state index in [4.69, 9.17) is 4.74 Å². The minimum atomic E-state index is -3.75. The first-order valence-corrected chi connectivity index (χ1v) is 11.6. The number of ether oxygens (including phenoxy) is 1. The maximum absolute atomic E-state index is 12.9. The summed E-state index contributed by atoms with van der Waals surface area (Å²) in [5, 5.41) is 12.1. The average Bonchev–Trinajstić information content (AvgIpc) is 3.15. The molecule has 1 saturated heterocycles. The second-order valence-corrected chi connectivity index (χ2v) is 9.85. The molecule has 1 fully saturated rings. The van der Waals surface area contributed by atoms with Gasteiger partial charge >= 0.3 is 0 Å². The second-order valence-electron chi connectivity index (χ2n) is 6.88. The van der Waals surface area contributed by atoms with Crippen LogP contribution in [0, 0.1) is 10.1 Å². The van der Waals surface area contributed by atoms with Crippen LogP contribution in [0.4, 0.5) is 5.69 Å². The van der Waals surface area contributed by atoms with Crippen LogP contribution in [0.25, 0.3) is 11.0 Å². The number of imidazole rings is 1. The number of nitro benzene ring substituents is 1. The highest BCUT2D eigenvalue weighted by molar-refractivity contribution is 7.99. The lowest BCUT2D eigenvalue weighted by Crippen LogP contribution is -2.35. The van der Waals surface area contributed by atoms with E-state index in [1.165, 1.54) is 16.4 Å². The van der Waals surface area contributed by atoms with Crippen molar-refractivity contribution in [2.24, 2.45) is 0 Å². The number of H-pyrrole nitrogens is 1. The van der Waals surface area contributed by atoms with Gasteiger partial charge in [-0.05, 0) is 48.9 Å². The summed E-state index contributed by atoms with van der Waals surface area (Å²) in [4.78, 5) is 18.9. The van der Waals surface area contributed by atoms with Gasteiger partial charge in [0.1, 0.15) is 5.75 Å². The maximum atomic E-state index is 12.9. The van der Waals surface area contributed by atoms with Crippen molar-refractivity contribution >= 4 is 38.5 Å². The summed E-state index contributed by atoms with van der Waals surface area (Å²) in [6.07, 6.45) is 2.59. The Morgan fingerprint density at radius 3 is 2.63 bits per heavy atom. The van der Waals surface area contributed by atoms with Crippen molar-refractivity contribution in [3.8, 4) is 5.75 Å². The van der Waals surface area contributed by atoms with Crippen LogP contribution >= 0.6 is 11.8 Å². The normalized spacial score (nSPS) is 15.4. The molecule has 0 unspecified atom stereocenters. The molecule has 1 aromatic heterocycles. The predicted molar refractivity (Wildman–Crippen MR) is 112 cm³/mol. The van der Waals surface area contributed by atoms with Gasteiger partial charge in [-0.3, -0.25) is 10.1 Å². The molecule has 0 spiro atoms. The van der Waals surface area contributed by atoms with Gasteiger partial charge in [0.2, 0.25) is 10.0 Å². The zero-order valence-corrected chi connectivity index (χ0v) is 17.8. The SMILES string of the molecule is COc1ccc2nc(Sc3ccc(S(=O)(=O)N4CCCCC4)cc3[N+](=O)[O-])[nH]c2c1. The van der Waals surface area contributed by atoms with E-state index in [2.05, 4.69) is 9.97 Å². The topological polar surface area (TPSA) is 118 Å². The maximum Gasteiger partial charge on any atom is 0.284 e. The number of rotatable bonds is 6. The molecule has 1 aliphatic heterocycles. The van der Waals surface area contributed by atoms with E-state index in [-0.39, 0.29) is 10.6 Å². The van der Waals surface area contributed by atoms with Gasteiger partial charge in [0.25, 0.3) is 5.69 Å². The van der Waals surface area contributed by atoms with E-state index >= 15 is 0 Å². The first-order valence-electron chi connectivity index (χ1n) is 9.39. The van der Waals surface area contributed by atoms with Crippen molar-refractivity contribution in [1.29, 1.82) is 0 Å². The van der Waals surface area contributed by atoms with Gasteiger partial charge in [0, 0.05) is 25.2 Å².